The van der Waals surface area contributed by atoms with E-state index in [0.29, 0.717) is 41.3 Å². The molecule has 3 rings (SSSR count). The van der Waals surface area contributed by atoms with Crippen LogP contribution in [0.25, 0.3) is 0 Å². The van der Waals surface area contributed by atoms with E-state index >= 15 is 0 Å². The van der Waals surface area contributed by atoms with Crippen LogP contribution in [-0.4, -0.2) is 46.8 Å². The number of carbonyl (C=O) groups excluding carboxylic acids is 1. The number of carbonyl (C=O) groups is 1. The van der Waals surface area contributed by atoms with Crippen molar-refractivity contribution in [1.29, 1.82) is 0 Å². The van der Waals surface area contributed by atoms with Gasteiger partial charge < -0.3 is 10.2 Å². The maximum Gasteiger partial charge on any atom is 0.256 e. The van der Waals surface area contributed by atoms with Crippen molar-refractivity contribution in [3.8, 4) is 0 Å². The molecule has 1 fully saturated rings. The van der Waals surface area contributed by atoms with Gasteiger partial charge in [0, 0.05) is 26.2 Å². The van der Waals surface area contributed by atoms with Crippen LogP contribution in [0.2, 0.25) is 5.15 Å². The van der Waals surface area contributed by atoms with Gasteiger partial charge in [-0.1, -0.05) is 37.6 Å². The minimum atomic E-state index is -0.288. The second kappa shape index (κ2) is 9.05. The summed E-state index contributed by atoms with van der Waals surface area (Å²) in [6.45, 7) is 10.3. The topological polar surface area (TPSA) is 50.2 Å². The lowest BCUT2D eigenvalue weighted by Crippen LogP contribution is -2.42. The molecule has 2 heterocycles. The molecule has 1 N–H and O–H groups in total. The number of likely N-dealkylation sites (tertiary alicyclic amines) is 1. The van der Waals surface area contributed by atoms with Crippen LogP contribution in [0.15, 0.2) is 24.3 Å². The Kier molecular flexibility index (Phi) is 6.73. The molecule has 1 saturated heterocycles. The Bertz CT molecular complexity index is 811. The fraction of sp³-hybridized carbons (Fsp3) is 0.524. The van der Waals surface area contributed by atoms with Crippen molar-refractivity contribution in [2.24, 2.45) is 11.8 Å². The summed E-state index contributed by atoms with van der Waals surface area (Å²) in [6, 6.07) is 6.16. The van der Waals surface area contributed by atoms with Crippen LogP contribution in [0.5, 0.6) is 0 Å². The highest BCUT2D eigenvalue weighted by atomic mass is 35.5. The number of rotatable bonds is 6. The van der Waals surface area contributed by atoms with Crippen molar-refractivity contribution >= 4 is 17.5 Å². The maximum absolute atomic E-state index is 13.1. The van der Waals surface area contributed by atoms with Crippen LogP contribution < -0.4 is 5.32 Å². The number of piperidine rings is 1. The molecule has 1 aliphatic rings. The zero-order valence-corrected chi connectivity index (χ0v) is 17.5. The van der Waals surface area contributed by atoms with E-state index in [-0.39, 0.29) is 11.7 Å². The molecule has 0 bridgehead atoms. The summed E-state index contributed by atoms with van der Waals surface area (Å²) in [5.74, 6) is 0.900. The number of halogens is 2. The van der Waals surface area contributed by atoms with Gasteiger partial charge in [-0.2, -0.15) is 5.10 Å². The minimum absolute atomic E-state index is 0.203. The van der Waals surface area contributed by atoms with Gasteiger partial charge in [0.15, 0.2) is 0 Å². The average molecular weight is 407 g/mol. The summed E-state index contributed by atoms with van der Waals surface area (Å²) in [5, 5.41) is 7.67. The number of aromatic nitrogens is 2. The first-order chi connectivity index (χ1) is 13.3. The highest BCUT2D eigenvalue weighted by Gasteiger charge is 2.23. The van der Waals surface area contributed by atoms with E-state index in [1.807, 2.05) is 0 Å². The van der Waals surface area contributed by atoms with Gasteiger partial charge in [0.2, 0.25) is 0 Å². The van der Waals surface area contributed by atoms with Crippen molar-refractivity contribution in [2.45, 2.75) is 33.7 Å². The lowest BCUT2D eigenvalue weighted by Gasteiger charge is -2.34. The van der Waals surface area contributed by atoms with Crippen molar-refractivity contribution in [3.63, 3.8) is 0 Å². The number of hydrogen-bond acceptors (Lipinski definition) is 3. The van der Waals surface area contributed by atoms with Gasteiger partial charge in [0.05, 0.1) is 17.8 Å². The molecule has 1 aromatic carbocycles. The summed E-state index contributed by atoms with van der Waals surface area (Å²) in [6.07, 6.45) is 1.27. The first-order valence-corrected chi connectivity index (χ1v) is 10.2. The predicted molar refractivity (Wildman–Crippen MR) is 109 cm³/mol. The van der Waals surface area contributed by atoms with Gasteiger partial charge in [0.1, 0.15) is 11.0 Å². The van der Waals surface area contributed by atoms with E-state index in [1.165, 1.54) is 18.6 Å². The number of nitrogens with zero attached hydrogens (tertiary/aromatic N) is 3. The van der Waals surface area contributed by atoms with Crippen LogP contribution >= 0.6 is 11.6 Å². The molecule has 28 heavy (non-hydrogen) atoms. The Morgan fingerprint density at radius 1 is 1.25 bits per heavy atom. The molecule has 1 aromatic heterocycles. The van der Waals surface area contributed by atoms with E-state index in [4.69, 9.17) is 11.6 Å². The number of hydrogen-bond donors (Lipinski definition) is 1. The third-order valence-electron chi connectivity index (χ3n) is 5.20. The van der Waals surface area contributed by atoms with Crippen LogP contribution in [0.1, 0.15) is 41.9 Å². The largest absolute Gasteiger partial charge is 0.351 e. The second-order valence-electron chi connectivity index (χ2n) is 8.00. The Labute approximate surface area is 170 Å². The quantitative estimate of drug-likeness (QED) is 0.795. The van der Waals surface area contributed by atoms with E-state index in [2.05, 4.69) is 29.2 Å². The standard InChI is InChI=1S/C21H28ClFN4O/c1-14-10-15(2)12-26(11-14)9-8-24-21(28)19-16(3)25-27(20(19)22)13-17-4-6-18(23)7-5-17/h4-7,14-15H,8-13H2,1-3H3,(H,24,28). The van der Waals surface area contributed by atoms with Crippen molar-refractivity contribution < 1.29 is 9.18 Å². The molecule has 0 spiro atoms. The summed E-state index contributed by atoms with van der Waals surface area (Å²) in [4.78, 5) is 15.1. The van der Waals surface area contributed by atoms with Gasteiger partial charge in [-0.15, -0.1) is 0 Å². The maximum atomic E-state index is 13.1. The van der Waals surface area contributed by atoms with E-state index < -0.39 is 0 Å². The molecule has 2 aromatic rings. The second-order valence-corrected chi connectivity index (χ2v) is 8.35. The smallest absolute Gasteiger partial charge is 0.256 e. The van der Waals surface area contributed by atoms with E-state index in [9.17, 15) is 9.18 Å². The summed E-state index contributed by atoms with van der Waals surface area (Å²) in [7, 11) is 0. The summed E-state index contributed by atoms with van der Waals surface area (Å²) in [5.41, 5.74) is 1.86. The molecule has 1 amide bonds. The van der Waals surface area contributed by atoms with Crippen LogP contribution in [0.3, 0.4) is 0 Å². The summed E-state index contributed by atoms with van der Waals surface area (Å²) < 4.78 is 14.6. The zero-order chi connectivity index (χ0) is 20.3. The van der Waals surface area contributed by atoms with Crippen LogP contribution in [0, 0.1) is 24.6 Å². The third kappa shape index (κ3) is 5.11. The molecule has 0 aliphatic carbocycles. The molecule has 152 valence electrons. The lowest BCUT2D eigenvalue weighted by atomic mass is 9.92. The molecule has 2 atom stereocenters. The Morgan fingerprint density at radius 3 is 2.54 bits per heavy atom. The molecule has 7 heteroatoms. The molecule has 0 saturated carbocycles. The monoisotopic (exact) mass is 406 g/mol. The number of amides is 1. The third-order valence-corrected chi connectivity index (χ3v) is 5.58. The van der Waals surface area contributed by atoms with Crippen molar-refractivity contribution in [3.05, 3.63) is 52.1 Å². The molecular formula is C21H28ClFN4O. The fourth-order valence-electron chi connectivity index (χ4n) is 4.07. The Hall–Kier alpha value is -1.92. The molecule has 1 aliphatic heterocycles. The SMILES string of the molecule is Cc1nn(Cc2ccc(F)cc2)c(Cl)c1C(=O)NCCN1CC(C)CC(C)C1. The van der Waals surface area contributed by atoms with Gasteiger partial charge in [-0.3, -0.25) is 4.79 Å². The predicted octanol–water partition coefficient (Wildman–Crippen LogP) is 3.74. The molecule has 2 unspecified atom stereocenters. The van der Waals surface area contributed by atoms with Crippen LogP contribution in [0.4, 0.5) is 4.39 Å². The zero-order valence-electron chi connectivity index (χ0n) is 16.7. The average Bonchev–Trinajstić information content (AvgIpc) is 2.89. The van der Waals surface area contributed by atoms with Crippen molar-refractivity contribution in [1.82, 2.24) is 20.0 Å². The highest BCUT2D eigenvalue weighted by molar-refractivity contribution is 6.33. The van der Waals surface area contributed by atoms with Gasteiger partial charge in [-0.25, -0.2) is 9.07 Å². The van der Waals surface area contributed by atoms with Gasteiger partial charge in [-0.05, 0) is 42.9 Å². The first-order valence-electron chi connectivity index (χ1n) is 9.81. The summed E-state index contributed by atoms with van der Waals surface area (Å²) >= 11 is 6.43. The molecule has 5 nitrogen and oxygen atoms in total. The number of nitrogens with one attached hydrogen (secondary N) is 1. The van der Waals surface area contributed by atoms with Gasteiger partial charge >= 0.3 is 0 Å². The van der Waals surface area contributed by atoms with Crippen LogP contribution in [-0.2, 0) is 6.54 Å². The highest BCUT2D eigenvalue weighted by Crippen LogP contribution is 2.22. The Morgan fingerprint density at radius 2 is 1.89 bits per heavy atom. The van der Waals surface area contributed by atoms with E-state index in [1.54, 1.807) is 23.7 Å². The van der Waals surface area contributed by atoms with E-state index in [0.717, 1.165) is 25.2 Å². The molecule has 0 radical (unpaired) electrons. The number of benzene rings is 1. The first kappa shape index (κ1) is 20.8. The molecular weight excluding hydrogens is 379 g/mol. The number of aryl methyl sites for hydroxylation is 1. The fourth-order valence-corrected chi connectivity index (χ4v) is 4.39. The minimum Gasteiger partial charge on any atom is -0.351 e. The van der Waals surface area contributed by atoms with Crippen molar-refractivity contribution in [2.75, 3.05) is 26.2 Å². The lowest BCUT2D eigenvalue weighted by molar-refractivity contribution is 0.0936. The normalized spacial score (nSPS) is 20.3. The van der Waals surface area contributed by atoms with Gasteiger partial charge in [0.25, 0.3) is 5.91 Å². The Balaban J connectivity index is 1.59.